The van der Waals surface area contributed by atoms with Crippen LogP contribution >= 0.6 is 11.3 Å². The first-order valence-corrected chi connectivity index (χ1v) is 18.5. The normalized spacial score (nSPS) is 14.9. The molecule has 4 amide bonds. The number of esters is 1. The minimum Gasteiger partial charge on any atom is -0.493 e. The van der Waals surface area contributed by atoms with Crippen molar-refractivity contribution in [3.8, 4) is 27.3 Å². The van der Waals surface area contributed by atoms with Gasteiger partial charge in [0.1, 0.15) is 23.1 Å². The van der Waals surface area contributed by atoms with E-state index < -0.39 is 41.4 Å². The molecule has 282 valence electrons. The maximum atomic E-state index is 14.5. The first kappa shape index (κ1) is 38.0. The number of likely N-dealkylation sites (tertiary alicyclic amines) is 1. The molecule has 2 aromatic heterocycles. The predicted molar refractivity (Wildman–Crippen MR) is 204 cm³/mol. The number of ether oxygens (including phenoxy) is 3. The Kier molecular flexibility index (Phi) is 10.8. The van der Waals surface area contributed by atoms with Gasteiger partial charge in [-0.3, -0.25) is 14.4 Å². The Balaban J connectivity index is 1.41. The van der Waals surface area contributed by atoms with Gasteiger partial charge in [-0.25, -0.2) is 14.6 Å². The largest absolute Gasteiger partial charge is 0.493 e. The summed E-state index contributed by atoms with van der Waals surface area (Å²) in [5, 5.41) is 7.85. The van der Waals surface area contributed by atoms with Crippen LogP contribution in [0.4, 0.5) is 10.5 Å². The van der Waals surface area contributed by atoms with Crippen LogP contribution in [0.3, 0.4) is 0 Å². The van der Waals surface area contributed by atoms with Crippen LogP contribution in [-0.4, -0.2) is 71.6 Å². The highest BCUT2D eigenvalue weighted by molar-refractivity contribution is 7.13. The summed E-state index contributed by atoms with van der Waals surface area (Å²) in [6.07, 6.45) is 1.18. The third-order valence-corrected chi connectivity index (χ3v) is 10.3. The van der Waals surface area contributed by atoms with E-state index >= 15 is 0 Å². The number of pyridine rings is 1. The van der Waals surface area contributed by atoms with Gasteiger partial charge in [0.2, 0.25) is 5.91 Å². The van der Waals surface area contributed by atoms with Crippen molar-refractivity contribution in [2.75, 3.05) is 25.6 Å². The fraction of sp³-hybridized carbons (Fsp3) is 0.350. The van der Waals surface area contributed by atoms with Gasteiger partial charge in [0.25, 0.3) is 11.8 Å². The van der Waals surface area contributed by atoms with Gasteiger partial charge in [-0.15, -0.1) is 11.3 Å². The third-order valence-electron chi connectivity index (χ3n) is 9.28. The molecule has 54 heavy (non-hydrogen) atoms. The lowest BCUT2D eigenvalue weighted by atomic mass is 9.93. The van der Waals surface area contributed by atoms with E-state index in [1.54, 1.807) is 50.3 Å². The van der Waals surface area contributed by atoms with E-state index in [1.807, 2.05) is 37.4 Å². The first-order chi connectivity index (χ1) is 25.6. The van der Waals surface area contributed by atoms with Crippen molar-refractivity contribution in [1.29, 1.82) is 0 Å². The molecule has 6 rings (SSSR count). The number of carbonyl (C=O) groups excluding carboxylic acids is 5. The van der Waals surface area contributed by atoms with E-state index in [9.17, 15) is 24.0 Å². The molecule has 2 aliphatic heterocycles. The summed E-state index contributed by atoms with van der Waals surface area (Å²) < 4.78 is 16.7. The number of hydrogen-bond acceptors (Lipinski definition) is 10. The van der Waals surface area contributed by atoms with E-state index in [1.165, 1.54) is 18.1 Å². The molecule has 4 N–H and O–H groups in total. The number of nitrogens with zero attached hydrogens (tertiary/aromatic N) is 2. The molecule has 13 nitrogen and oxygen atoms in total. The molecule has 0 radical (unpaired) electrons. The Hall–Kier alpha value is -5.76. The van der Waals surface area contributed by atoms with Crippen molar-refractivity contribution < 1.29 is 38.2 Å². The topological polar surface area (TPSA) is 179 Å². The minimum atomic E-state index is -0.822. The van der Waals surface area contributed by atoms with Gasteiger partial charge in [0, 0.05) is 52.3 Å². The van der Waals surface area contributed by atoms with Gasteiger partial charge in [-0.05, 0) is 105 Å². The average Bonchev–Trinajstić information content (AvgIpc) is 3.78. The molecule has 0 bridgehead atoms. The number of carbonyl (C=O) groups is 5. The number of anilines is 1. The molecule has 4 heterocycles. The lowest BCUT2D eigenvalue weighted by Crippen LogP contribution is -2.44. The number of fused-ring (bicyclic) bond motifs is 3. The molecular weight excluding hydrogens is 711 g/mol. The molecule has 2 aromatic carbocycles. The van der Waals surface area contributed by atoms with E-state index in [0.717, 1.165) is 32.7 Å². The van der Waals surface area contributed by atoms with Gasteiger partial charge in [-0.1, -0.05) is 12.1 Å². The van der Waals surface area contributed by atoms with Crippen molar-refractivity contribution in [2.45, 2.75) is 72.1 Å². The average molecular weight is 754 g/mol. The van der Waals surface area contributed by atoms with Crippen LogP contribution in [0.25, 0.3) is 21.6 Å². The Bertz CT molecular complexity index is 2150. The number of alkyl carbamates (subject to hydrolysis) is 1. The monoisotopic (exact) mass is 753 g/mol. The van der Waals surface area contributed by atoms with Crippen LogP contribution in [0.2, 0.25) is 0 Å². The second-order valence-electron chi connectivity index (χ2n) is 14.3. The van der Waals surface area contributed by atoms with Crippen LogP contribution in [0, 0.1) is 13.8 Å². The molecule has 0 unspecified atom stereocenters. The zero-order chi connectivity index (χ0) is 38.9. The number of nitrogens with one attached hydrogen (secondary N) is 2. The zero-order valence-electron chi connectivity index (χ0n) is 31.1. The van der Waals surface area contributed by atoms with E-state index in [4.69, 9.17) is 19.9 Å². The molecule has 0 aliphatic carbocycles. The number of thiophene rings is 1. The van der Waals surface area contributed by atoms with Crippen molar-refractivity contribution in [1.82, 2.24) is 15.2 Å². The van der Waals surface area contributed by atoms with E-state index in [2.05, 4.69) is 15.6 Å². The van der Waals surface area contributed by atoms with Gasteiger partial charge >= 0.3 is 12.1 Å². The summed E-state index contributed by atoms with van der Waals surface area (Å²) in [6, 6.07) is 11.5. The highest BCUT2D eigenvalue weighted by Crippen LogP contribution is 2.43. The summed E-state index contributed by atoms with van der Waals surface area (Å²) in [6.45, 7) is 10.1. The molecule has 4 aromatic rings. The number of amides is 4. The number of rotatable bonds is 8. The van der Waals surface area contributed by atoms with Crippen LogP contribution in [-0.2, 0) is 27.2 Å². The molecule has 1 fully saturated rings. The lowest BCUT2D eigenvalue weighted by molar-refractivity contribution is -0.121. The number of benzene rings is 2. The molecule has 1 atom stereocenters. The number of primary amides is 1. The van der Waals surface area contributed by atoms with Crippen molar-refractivity contribution in [2.24, 2.45) is 5.73 Å². The van der Waals surface area contributed by atoms with Crippen molar-refractivity contribution in [3.63, 3.8) is 0 Å². The smallest absolute Gasteiger partial charge is 0.407 e. The third kappa shape index (κ3) is 7.93. The second kappa shape index (κ2) is 15.3. The quantitative estimate of drug-likeness (QED) is 0.177. The maximum Gasteiger partial charge on any atom is 0.407 e. The van der Waals surface area contributed by atoms with Crippen LogP contribution in [0.1, 0.15) is 87.2 Å². The Morgan fingerprint density at radius 3 is 2.44 bits per heavy atom. The first-order valence-electron chi connectivity index (χ1n) is 17.6. The number of methoxy groups -OCH3 is 1. The van der Waals surface area contributed by atoms with Gasteiger partial charge in [-0.2, -0.15) is 0 Å². The second-order valence-corrected chi connectivity index (χ2v) is 15.2. The van der Waals surface area contributed by atoms with Gasteiger partial charge in [0.15, 0.2) is 5.69 Å². The molecule has 2 aliphatic rings. The van der Waals surface area contributed by atoms with Crippen LogP contribution in [0.5, 0.6) is 5.75 Å². The maximum absolute atomic E-state index is 14.5. The highest BCUT2D eigenvalue weighted by Gasteiger charge is 2.35. The Labute approximate surface area is 317 Å². The summed E-state index contributed by atoms with van der Waals surface area (Å²) in [4.78, 5) is 72.6. The molecule has 1 saturated heterocycles. The number of hydrogen-bond donors (Lipinski definition) is 3. The van der Waals surface area contributed by atoms with Crippen LogP contribution in [0.15, 0.2) is 47.8 Å². The molecule has 0 spiro atoms. The summed E-state index contributed by atoms with van der Waals surface area (Å²) in [5.41, 5.74) is 10.2. The Morgan fingerprint density at radius 2 is 1.76 bits per heavy atom. The molecule has 0 saturated carbocycles. The van der Waals surface area contributed by atoms with Gasteiger partial charge < -0.3 is 35.5 Å². The number of aromatic nitrogens is 1. The zero-order valence-corrected chi connectivity index (χ0v) is 31.9. The summed E-state index contributed by atoms with van der Waals surface area (Å²) >= 11 is 1.54. The number of aryl methyl sites for hydroxylation is 2. The van der Waals surface area contributed by atoms with E-state index in [0.29, 0.717) is 49.4 Å². The van der Waals surface area contributed by atoms with Crippen molar-refractivity contribution in [3.05, 3.63) is 87.0 Å². The van der Waals surface area contributed by atoms with Gasteiger partial charge in [0.05, 0.1) is 13.7 Å². The Morgan fingerprint density at radius 1 is 1.02 bits per heavy atom. The fourth-order valence-electron chi connectivity index (χ4n) is 6.85. The predicted octanol–water partition coefficient (Wildman–Crippen LogP) is 6.18. The number of nitrogens with two attached hydrogens (primary N) is 1. The SMILES string of the molecule is COC(=O)c1nc(C(=O)N2CCC[C@H]2C(N)=O)ccc1-c1cc2c(cc1C(=O)Nc1c(C)cc(CNC(=O)OC(C)(C)C)cc1C)-c1sccc1CCO2. The van der Waals surface area contributed by atoms with Crippen molar-refractivity contribution >= 4 is 46.8 Å². The summed E-state index contributed by atoms with van der Waals surface area (Å²) in [5.74, 6) is -1.92. The van der Waals surface area contributed by atoms with Crippen LogP contribution < -0.4 is 21.1 Å². The highest BCUT2D eigenvalue weighted by atomic mass is 32.1. The molecular formula is C40H43N5O8S. The lowest BCUT2D eigenvalue weighted by Gasteiger charge is -2.22. The fourth-order valence-corrected chi connectivity index (χ4v) is 7.83. The minimum absolute atomic E-state index is 0.0694. The summed E-state index contributed by atoms with van der Waals surface area (Å²) in [7, 11) is 1.20. The molecule has 14 heteroatoms. The van der Waals surface area contributed by atoms with E-state index in [-0.39, 0.29) is 29.1 Å². The standard InChI is InChI=1S/C40H43N5O8S/c1-21-16-23(20-42-39(50)53-40(3,4)5)17-22(2)32(21)44-36(47)27-18-28-31(52-14-11-24-12-15-54-34(24)28)19-26(27)25-9-10-29(43-33(25)38(49)51-6)37(48)45-13-7-8-30(45)35(41)46/h9-10,12,15-19,30H,7-8,11,13-14,20H2,1-6H3,(H2,41,46)(H,42,50)(H,44,47)/t30-/m0/s1.